The first-order valence-electron chi connectivity index (χ1n) is 5.78. The number of anilines is 1. The van der Waals surface area contributed by atoms with E-state index in [0.717, 1.165) is 5.01 Å². The van der Waals surface area contributed by atoms with Gasteiger partial charge in [0.25, 0.3) is 5.91 Å². The second-order valence-electron chi connectivity index (χ2n) is 4.32. The third kappa shape index (κ3) is 2.50. The highest BCUT2D eigenvalue weighted by molar-refractivity contribution is 6.42. The van der Waals surface area contributed by atoms with Crippen LogP contribution in [0.25, 0.3) is 0 Å². The van der Waals surface area contributed by atoms with E-state index in [9.17, 15) is 4.79 Å². The highest BCUT2D eigenvalue weighted by Crippen LogP contribution is 2.39. The number of hydrogen-bond donors (Lipinski definition) is 2. The summed E-state index contributed by atoms with van der Waals surface area (Å²) < 4.78 is 0. The fourth-order valence-electron chi connectivity index (χ4n) is 2.01. The Kier molecular flexibility index (Phi) is 3.90. The van der Waals surface area contributed by atoms with Crippen LogP contribution in [0.5, 0.6) is 0 Å². The molecule has 1 aliphatic heterocycles. The van der Waals surface area contributed by atoms with E-state index < -0.39 is 11.8 Å². The normalized spacial score (nSPS) is 18.0. The van der Waals surface area contributed by atoms with Gasteiger partial charge in [0.15, 0.2) is 5.92 Å². The van der Waals surface area contributed by atoms with Crippen LogP contribution in [0.3, 0.4) is 0 Å². The Hall–Kier alpha value is -1.54. The minimum absolute atomic E-state index is 0.0138. The fourth-order valence-corrected chi connectivity index (χ4v) is 3.12. The third-order valence-corrected chi connectivity index (χ3v) is 3.87. The quantitative estimate of drug-likeness (QED) is 0.837. The van der Waals surface area contributed by atoms with Crippen LogP contribution >= 0.6 is 46.4 Å². The van der Waals surface area contributed by atoms with E-state index in [-0.39, 0.29) is 32.7 Å². The number of carbonyl (C=O) groups excluding carboxylic acids is 1. The molecule has 1 atom stereocenters. The van der Waals surface area contributed by atoms with Crippen LogP contribution in [-0.2, 0) is 4.79 Å². The van der Waals surface area contributed by atoms with Gasteiger partial charge in [0.1, 0.15) is 17.3 Å². The molecule has 2 heterocycles. The molecule has 1 unspecified atom stereocenters. The van der Waals surface area contributed by atoms with Crippen molar-refractivity contribution in [3.05, 3.63) is 38.3 Å². The zero-order chi connectivity index (χ0) is 16.0. The molecule has 0 fully saturated rings. The number of carbonyl (C=O) groups is 1. The topological polar surface area (TPSA) is 100 Å². The van der Waals surface area contributed by atoms with E-state index in [2.05, 4.69) is 20.3 Å². The van der Waals surface area contributed by atoms with Gasteiger partial charge in [-0.3, -0.25) is 9.89 Å². The number of nitrogens with one attached hydrogen (secondary N) is 1. The Morgan fingerprint density at radius 2 is 1.82 bits per heavy atom. The lowest BCUT2D eigenvalue weighted by molar-refractivity contribution is -0.118. The van der Waals surface area contributed by atoms with Crippen molar-refractivity contribution in [1.82, 2.24) is 15.2 Å². The molecule has 1 aliphatic rings. The van der Waals surface area contributed by atoms with E-state index in [4.69, 9.17) is 52.1 Å². The van der Waals surface area contributed by atoms with Crippen molar-refractivity contribution in [2.24, 2.45) is 10.8 Å². The number of amidine groups is 1. The summed E-state index contributed by atoms with van der Waals surface area (Å²) in [4.78, 5) is 16.4. The summed E-state index contributed by atoms with van der Waals surface area (Å²) in [6.07, 6.45) is 0. The van der Waals surface area contributed by atoms with Crippen LogP contribution in [0, 0.1) is 0 Å². The Balaban J connectivity index is 2.04. The highest BCUT2D eigenvalue weighted by atomic mass is 35.5. The number of nitrogens with zero attached hydrogens (tertiary/aromatic N) is 4. The molecule has 3 N–H and O–H groups in total. The molecule has 7 nitrogen and oxygen atoms in total. The van der Waals surface area contributed by atoms with E-state index in [1.165, 1.54) is 12.1 Å². The lowest BCUT2D eigenvalue weighted by Crippen LogP contribution is -2.29. The molecule has 0 saturated carbocycles. The largest absolute Gasteiger partial charge is 0.385 e. The smallest absolute Gasteiger partial charge is 0.266 e. The summed E-state index contributed by atoms with van der Waals surface area (Å²) in [6.45, 7) is 0. The second kappa shape index (κ2) is 5.58. The van der Waals surface area contributed by atoms with Gasteiger partial charge in [-0.15, -0.1) is 5.10 Å². The van der Waals surface area contributed by atoms with Gasteiger partial charge < -0.3 is 5.73 Å². The Morgan fingerprint density at radius 3 is 2.36 bits per heavy atom. The van der Waals surface area contributed by atoms with Gasteiger partial charge >= 0.3 is 0 Å². The number of nitrogens with two attached hydrogens (primary N) is 1. The number of amides is 1. The first kappa shape index (κ1) is 15.4. The molecule has 0 spiro atoms. The number of hydrogen-bond acceptors (Lipinski definition) is 5. The molecule has 114 valence electrons. The molecule has 0 radical (unpaired) electrons. The summed E-state index contributed by atoms with van der Waals surface area (Å²) >= 11 is 23.7. The molecule has 1 aromatic carbocycles. The average molecular weight is 380 g/mol. The van der Waals surface area contributed by atoms with Crippen molar-refractivity contribution in [1.29, 1.82) is 0 Å². The SMILES string of the molecule is NC1=NN(c2c(Cl)cc(Cl)cc2Cl)C(=O)C1c1nc(Cl)n[nH]1. The summed E-state index contributed by atoms with van der Waals surface area (Å²) in [5.41, 5.74) is 6.00. The highest BCUT2D eigenvalue weighted by Gasteiger charge is 2.40. The van der Waals surface area contributed by atoms with Crippen LogP contribution in [0.15, 0.2) is 17.2 Å². The number of hydrazone groups is 1. The number of halogens is 4. The van der Waals surface area contributed by atoms with E-state index in [0.29, 0.717) is 5.02 Å². The van der Waals surface area contributed by atoms with E-state index in [1.54, 1.807) is 0 Å². The number of H-pyrrole nitrogens is 1. The molecule has 3 rings (SSSR count). The molecule has 22 heavy (non-hydrogen) atoms. The molecule has 0 bridgehead atoms. The monoisotopic (exact) mass is 378 g/mol. The summed E-state index contributed by atoms with van der Waals surface area (Å²) in [5, 5.41) is 11.8. The van der Waals surface area contributed by atoms with Gasteiger partial charge in [0.05, 0.1) is 10.0 Å². The van der Waals surface area contributed by atoms with Gasteiger partial charge in [-0.05, 0) is 23.7 Å². The first-order valence-corrected chi connectivity index (χ1v) is 7.30. The lowest BCUT2D eigenvalue weighted by Gasteiger charge is -2.16. The van der Waals surface area contributed by atoms with Gasteiger partial charge in [0.2, 0.25) is 5.28 Å². The Morgan fingerprint density at radius 1 is 1.18 bits per heavy atom. The summed E-state index contributed by atoms with van der Waals surface area (Å²) in [5.74, 6) is -1.24. The molecule has 1 amide bonds. The molecular formula is C11H6Cl4N6O. The summed E-state index contributed by atoms with van der Waals surface area (Å²) in [7, 11) is 0. The maximum atomic E-state index is 12.6. The van der Waals surface area contributed by atoms with Crippen LogP contribution < -0.4 is 10.7 Å². The summed E-state index contributed by atoms with van der Waals surface area (Å²) in [6, 6.07) is 2.89. The predicted molar refractivity (Wildman–Crippen MR) is 84.7 cm³/mol. The number of aromatic amines is 1. The van der Waals surface area contributed by atoms with Crippen molar-refractivity contribution >= 4 is 63.8 Å². The predicted octanol–water partition coefficient (Wildman–Crippen LogP) is 2.82. The van der Waals surface area contributed by atoms with E-state index in [1.807, 2.05) is 0 Å². The van der Waals surface area contributed by atoms with Crippen molar-refractivity contribution in [3.8, 4) is 0 Å². The Bertz CT molecular complexity index is 781. The lowest BCUT2D eigenvalue weighted by atomic mass is 10.1. The first-order chi connectivity index (χ1) is 10.4. The Labute approximate surface area is 144 Å². The van der Waals surface area contributed by atoms with Crippen molar-refractivity contribution < 1.29 is 4.79 Å². The zero-order valence-electron chi connectivity index (χ0n) is 10.5. The minimum atomic E-state index is -0.942. The number of rotatable bonds is 2. The van der Waals surface area contributed by atoms with Crippen LogP contribution in [0.2, 0.25) is 20.4 Å². The van der Waals surface area contributed by atoms with Gasteiger partial charge in [0, 0.05) is 5.02 Å². The van der Waals surface area contributed by atoms with Crippen molar-refractivity contribution in [3.63, 3.8) is 0 Å². The number of benzene rings is 1. The molecule has 1 aromatic heterocycles. The maximum absolute atomic E-state index is 12.6. The van der Waals surface area contributed by atoms with Crippen LogP contribution in [-0.4, -0.2) is 26.9 Å². The molecule has 0 saturated heterocycles. The number of aromatic nitrogens is 3. The third-order valence-electron chi connectivity index (χ3n) is 2.91. The average Bonchev–Trinajstić information content (AvgIpc) is 2.93. The molecular weight excluding hydrogens is 374 g/mol. The second-order valence-corrected chi connectivity index (χ2v) is 5.90. The van der Waals surface area contributed by atoms with Crippen molar-refractivity contribution in [2.75, 3.05) is 5.01 Å². The fraction of sp³-hybridized carbons (Fsp3) is 0.0909. The van der Waals surface area contributed by atoms with Gasteiger partial charge in [-0.1, -0.05) is 34.8 Å². The van der Waals surface area contributed by atoms with Crippen molar-refractivity contribution in [2.45, 2.75) is 5.92 Å². The zero-order valence-corrected chi connectivity index (χ0v) is 13.5. The van der Waals surface area contributed by atoms with Crippen LogP contribution in [0.4, 0.5) is 5.69 Å². The molecule has 2 aromatic rings. The van der Waals surface area contributed by atoms with E-state index >= 15 is 0 Å². The van der Waals surface area contributed by atoms with Gasteiger partial charge in [-0.25, -0.2) is 4.98 Å². The standard InChI is InChI=1S/C11H6Cl4N6O/c12-3-1-4(13)7(5(14)2-3)21-10(22)6(8(16)20-21)9-17-11(15)19-18-9/h1-2,6H,(H2,16,20)(H,17,18,19). The molecule has 0 aliphatic carbocycles. The minimum Gasteiger partial charge on any atom is -0.385 e. The molecule has 11 heteroatoms. The maximum Gasteiger partial charge on any atom is 0.266 e. The van der Waals surface area contributed by atoms with Gasteiger partial charge in [-0.2, -0.15) is 10.1 Å². The van der Waals surface area contributed by atoms with Crippen LogP contribution in [0.1, 0.15) is 11.7 Å².